The highest BCUT2D eigenvalue weighted by Crippen LogP contribution is 2.08. The smallest absolute Gasteiger partial charge is 0.335 e. The van der Waals surface area contributed by atoms with Crippen LogP contribution in [0.15, 0.2) is 48.5 Å². The Balaban J connectivity index is 0. The van der Waals surface area contributed by atoms with Gasteiger partial charge in [-0.05, 0) is 94.3 Å². The van der Waals surface area contributed by atoms with Crippen LogP contribution in [0, 0.1) is 0 Å². The first-order valence-corrected chi connectivity index (χ1v) is 15.0. The molecule has 0 aliphatic rings. The van der Waals surface area contributed by atoms with E-state index in [-0.39, 0.29) is 22.3 Å². The van der Waals surface area contributed by atoms with Gasteiger partial charge in [-0.3, -0.25) is 0 Å². The zero-order chi connectivity index (χ0) is 33.6. The SMILES string of the molecule is NCCCCCCCCCCN.NCCCCCCN.O=C(O)c1ccc(C(=O)O)cc1.O=C(O)c1cccc(C(=O)O)c1. The van der Waals surface area contributed by atoms with Crippen LogP contribution >= 0.6 is 0 Å². The predicted octanol–water partition coefficient (Wildman–Crippen LogP) is 4.65. The van der Waals surface area contributed by atoms with Crippen molar-refractivity contribution in [3.05, 3.63) is 70.8 Å². The number of carbonyl (C=O) groups is 4. The summed E-state index contributed by atoms with van der Waals surface area (Å²) in [6.07, 6.45) is 15.3. The first-order chi connectivity index (χ1) is 21.0. The molecule has 0 radical (unpaired) electrons. The van der Waals surface area contributed by atoms with Crippen LogP contribution in [-0.4, -0.2) is 70.5 Å². The molecule has 2 aromatic carbocycles. The van der Waals surface area contributed by atoms with Gasteiger partial charge in [-0.25, -0.2) is 19.2 Å². The second-order valence-corrected chi connectivity index (χ2v) is 9.78. The van der Waals surface area contributed by atoms with E-state index in [0.717, 1.165) is 45.1 Å². The molecule has 0 saturated carbocycles. The van der Waals surface area contributed by atoms with Crippen molar-refractivity contribution in [2.75, 3.05) is 26.2 Å². The van der Waals surface area contributed by atoms with Gasteiger partial charge in [0.2, 0.25) is 0 Å². The van der Waals surface area contributed by atoms with Gasteiger partial charge in [0, 0.05) is 0 Å². The molecular formula is C32H52N4O8. The maximum atomic E-state index is 10.4. The molecule has 0 saturated heterocycles. The Morgan fingerprint density at radius 1 is 0.386 bits per heavy atom. The molecule has 12 N–H and O–H groups in total. The number of carboxylic acids is 4. The van der Waals surface area contributed by atoms with Crippen molar-refractivity contribution in [2.24, 2.45) is 22.9 Å². The van der Waals surface area contributed by atoms with Crippen molar-refractivity contribution in [3.8, 4) is 0 Å². The van der Waals surface area contributed by atoms with Gasteiger partial charge in [0.05, 0.1) is 22.3 Å². The largest absolute Gasteiger partial charge is 0.478 e. The molecule has 2 rings (SSSR count). The van der Waals surface area contributed by atoms with E-state index >= 15 is 0 Å². The fourth-order valence-corrected chi connectivity index (χ4v) is 3.53. The van der Waals surface area contributed by atoms with E-state index in [4.69, 9.17) is 43.4 Å². The van der Waals surface area contributed by atoms with E-state index in [1.165, 1.54) is 107 Å². The highest BCUT2D eigenvalue weighted by molar-refractivity contribution is 5.93. The number of nitrogens with two attached hydrogens (primary N) is 4. The fraction of sp³-hybridized carbons (Fsp3) is 0.500. The molecule has 0 spiro atoms. The summed E-state index contributed by atoms with van der Waals surface area (Å²) in [6, 6.07) is 10.2. The van der Waals surface area contributed by atoms with Gasteiger partial charge in [0.15, 0.2) is 0 Å². The second kappa shape index (κ2) is 29.2. The number of hydrogen-bond donors (Lipinski definition) is 8. The maximum absolute atomic E-state index is 10.4. The highest BCUT2D eigenvalue weighted by Gasteiger charge is 2.07. The minimum absolute atomic E-state index is 0.0186. The molecule has 0 bridgehead atoms. The van der Waals surface area contributed by atoms with Crippen molar-refractivity contribution >= 4 is 23.9 Å². The minimum atomic E-state index is -1.13. The maximum Gasteiger partial charge on any atom is 0.335 e. The summed E-state index contributed by atoms with van der Waals surface area (Å²) in [6.45, 7) is 3.36. The lowest BCUT2D eigenvalue weighted by atomic mass is 10.1. The van der Waals surface area contributed by atoms with Gasteiger partial charge in [-0.2, -0.15) is 0 Å². The van der Waals surface area contributed by atoms with Gasteiger partial charge in [-0.1, -0.05) is 57.4 Å². The highest BCUT2D eigenvalue weighted by atomic mass is 16.4. The summed E-state index contributed by atoms with van der Waals surface area (Å²) < 4.78 is 0. The van der Waals surface area contributed by atoms with Crippen LogP contribution in [-0.2, 0) is 0 Å². The Bertz CT molecular complexity index is 971. The monoisotopic (exact) mass is 620 g/mol. The third-order valence-corrected chi connectivity index (χ3v) is 6.05. The van der Waals surface area contributed by atoms with Crippen molar-refractivity contribution in [1.29, 1.82) is 0 Å². The quantitative estimate of drug-likeness (QED) is 0.106. The molecule has 2 aromatic rings. The number of carboxylic acid groups (broad SMARTS) is 4. The normalized spacial score (nSPS) is 9.73. The lowest BCUT2D eigenvalue weighted by Gasteiger charge is -2.00. The molecule has 248 valence electrons. The van der Waals surface area contributed by atoms with E-state index in [9.17, 15) is 19.2 Å². The van der Waals surface area contributed by atoms with Gasteiger partial charge >= 0.3 is 23.9 Å². The van der Waals surface area contributed by atoms with E-state index in [0.29, 0.717) is 0 Å². The van der Waals surface area contributed by atoms with Crippen LogP contribution in [0.2, 0.25) is 0 Å². The first-order valence-electron chi connectivity index (χ1n) is 15.0. The molecular weight excluding hydrogens is 568 g/mol. The molecule has 0 heterocycles. The van der Waals surface area contributed by atoms with Crippen LogP contribution in [0.5, 0.6) is 0 Å². The van der Waals surface area contributed by atoms with Crippen LogP contribution in [0.1, 0.15) is 118 Å². The van der Waals surface area contributed by atoms with E-state index in [2.05, 4.69) is 0 Å². The number of aromatic carboxylic acids is 4. The van der Waals surface area contributed by atoms with Gasteiger partial charge < -0.3 is 43.4 Å². The Kier molecular flexibility index (Phi) is 28.1. The summed E-state index contributed by atoms with van der Waals surface area (Å²) in [4.78, 5) is 41.4. The van der Waals surface area contributed by atoms with Crippen LogP contribution < -0.4 is 22.9 Å². The summed E-state index contributed by atoms with van der Waals surface area (Å²) in [7, 11) is 0. The summed E-state index contributed by atoms with van der Waals surface area (Å²) in [5.41, 5.74) is 21.5. The first kappa shape index (κ1) is 42.3. The summed E-state index contributed by atoms with van der Waals surface area (Å²) in [5, 5.41) is 33.9. The zero-order valence-corrected chi connectivity index (χ0v) is 25.7. The number of benzene rings is 2. The molecule has 0 amide bonds. The minimum Gasteiger partial charge on any atom is -0.478 e. The number of unbranched alkanes of at least 4 members (excludes halogenated alkanes) is 10. The molecule has 0 aromatic heterocycles. The van der Waals surface area contributed by atoms with Crippen molar-refractivity contribution in [2.45, 2.75) is 77.0 Å². The lowest BCUT2D eigenvalue weighted by Crippen LogP contribution is -2.01. The Morgan fingerprint density at radius 2 is 0.614 bits per heavy atom. The molecule has 0 unspecified atom stereocenters. The summed E-state index contributed by atoms with van der Waals surface area (Å²) in [5.74, 6) is -4.38. The number of hydrogen-bond acceptors (Lipinski definition) is 8. The Hall–Kier alpha value is -3.84. The average molecular weight is 621 g/mol. The van der Waals surface area contributed by atoms with Crippen molar-refractivity contribution < 1.29 is 39.6 Å². The summed E-state index contributed by atoms with van der Waals surface area (Å²) >= 11 is 0. The van der Waals surface area contributed by atoms with Crippen LogP contribution in [0.4, 0.5) is 0 Å². The lowest BCUT2D eigenvalue weighted by molar-refractivity contribution is 0.0681. The van der Waals surface area contributed by atoms with Crippen LogP contribution in [0.25, 0.3) is 0 Å². The third-order valence-electron chi connectivity index (χ3n) is 6.05. The van der Waals surface area contributed by atoms with E-state index in [1.807, 2.05) is 0 Å². The average Bonchev–Trinajstić information content (AvgIpc) is 3.01. The molecule has 12 heteroatoms. The number of rotatable bonds is 18. The predicted molar refractivity (Wildman–Crippen MR) is 172 cm³/mol. The van der Waals surface area contributed by atoms with Crippen molar-refractivity contribution in [3.63, 3.8) is 0 Å². The molecule has 12 nitrogen and oxygen atoms in total. The Labute approximate surface area is 260 Å². The molecule has 44 heavy (non-hydrogen) atoms. The Morgan fingerprint density at radius 3 is 0.818 bits per heavy atom. The third kappa shape index (κ3) is 24.7. The van der Waals surface area contributed by atoms with Gasteiger partial charge in [-0.15, -0.1) is 0 Å². The molecule has 0 atom stereocenters. The van der Waals surface area contributed by atoms with Crippen LogP contribution in [0.3, 0.4) is 0 Å². The molecule has 0 fully saturated rings. The molecule has 0 aliphatic heterocycles. The second-order valence-electron chi connectivity index (χ2n) is 9.78. The van der Waals surface area contributed by atoms with E-state index in [1.54, 1.807) is 0 Å². The van der Waals surface area contributed by atoms with Gasteiger partial charge in [0.25, 0.3) is 0 Å². The van der Waals surface area contributed by atoms with Crippen molar-refractivity contribution in [1.82, 2.24) is 0 Å². The topological polar surface area (TPSA) is 253 Å². The van der Waals surface area contributed by atoms with E-state index < -0.39 is 23.9 Å². The fourth-order valence-electron chi connectivity index (χ4n) is 3.53. The van der Waals surface area contributed by atoms with Gasteiger partial charge in [0.1, 0.15) is 0 Å². The standard InChI is InChI=1S/C10H24N2.2C8H6O4.C6H16N2/c11-9-7-5-3-1-2-4-6-8-10-12;9-7(10)5-1-2-6(4-3-5)8(11)12;9-7(10)5-2-1-3-6(4-5)8(11)12;7-5-3-1-2-4-6-8/h1-12H2;2*1-4H,(H,9,10)(H,11,12);1-8H2. The molecule has 0 aliphatic carbocycles. The zero-order valence-electron chi connectivity index (χ0n) is 25.7.